The topological polar surface area (TPSA) is 38.7 Å². The Morgan fingerprint density at radius 3 is 2.50 bits per heavy atom. The number of rotatable bonds is 4. The highest BCUT2D eigenvalue weighted by Crippen LogP contribution is 2.25. The molecule has 90 valence electrons. The van der Waals surface area contributed by atoms with E-state index in [4.69, 9.17) is 4.74 Å². The van der Waals surface area contributed by atoms with E-state index in [0.717, 1.165) is 17.1 Å². The van der Waals surface area contributed by atoms with Crippen LogP contribution in [0.15, 0.2) is 59.6 Å². The Morgan fingerprint density at radius 2 is 1.78 bits per heavy atom. The van der Waals surface area contributed by atoms with Crippen molar-refractivity contribution in [1.29, 1.82) is 0 Å². The molecule has 0 spiro atoms. The van der Waals surface area contributed by atoms with Crippen LogP contribution in [0.4, 0.5) is 0 Å². The van der Waals surface area contributed by atoms with Gasteiger partial charge in [-0.05, 0) is 36.8 Å². The van der Waals surface area contributed by atoms with Crippen LogP contribution in [0.3, 0.4) is 0 Å². The molecule has 18 heavy (non-hydrogen) atoms. The van der Waals surface area contributed by atoms with E-state index in [1.54, 1.807) is 6.08 Å². The first-order chi connectivity index (χ1) is 8.79. The molecule has 0 saturated carbocycles. The van der Waals surface area contributed by atoms with Crippen LogP contribution in [0.5, 0.6) is 11.5 Å². The molecule has 1 atom stereocenters. The first-order valence-electron chi connectivity index (χ1n) is 5.69. The number of hydrogen-bond acceptors (Lipinski definition) is 3. The van der Waals surface area contributed by atoms with Crippen LogP contribution in [0.25, 0.3) is 0 Å². The predicted molar refractivity (Wildman–Crippen MR) is 69.5 cm³/mol. The first-order valence-corrected chi connectivity index (χ1v) is 5.69. The number of carbonyl (C=O) groups excluding carboxylic acids is 1. The SMILES string of the molecule is CC(N=C=O)c1cccc(Oc2ccccc2)c1. The lowest BCUT2D eigenvalue weighted by molar-refractivity contribution is 0.481. The number of para-hydroxylation sites is 1. The third kappa shape index (κ3) is 3.06. The van der Waals surface area contributed by atoms with E-state index < -0.39 is 0 Å². The average molecular weight is 239 g/mol. The molecule has 1 unspecified atom stereocenters. The molecule has 0 aromatic heterocycles. The summed E-state index contributed by atoms with van der Waals surface area (Å²) in [5.74, 6) is 1.51. The van der Waals surface area contributed by atoms with Crippen molar-refractivity contribution in [2.24, 2.45) is 4.99 Å². The second-order valence-corrected chi connectivity index (χ2v) is 3.88. The van der Waals surface area contributed by atoms with Crippen LogP contribution in [-0.2, 0) is 4.79 Å². The molecule has 2 rings (SSSR count). The minimum atomic E-state index is -0.207. The van der Waals surface area contributed by atoms with Gasteiger partial charge in [-0.1, -0.05) is 30.3 Å². The van der Waals surface area contributed by atoms with Crippen LogP contribution < -0.4 is 4.74 Å². The standard InChI is InChI=1S/C15H13NO2/c1-12(16-11-17)13-6-5-9-15(10-13)18-14-7-3-2-4-8-14/h2-10,12H,1H3. The lowest BCUT2D eigenvalue weighted by Crippen LogP contribution is -1.90. The minimum Gasteiger partial charge on any atom is -0.457 e. The van der Waals surface area contributed by atoms with Crippen molar-refractivity contribution in [2.45, 2.75) is 13.0 Å². The molecule has 3 heteroatoms. The zero-order valence-electron chi connectivity index (χ0n) is 10.0. The molecular weight excluding hydrogens is 226 g/mol. The summed E-state index contributed by atoms with van der Waals surface area (Å²) in [6, 6.07) is 16.9. The maximum Gasteiger partial charge on any atom is 0.235 e. The van der Waals surface area contributed by atoms with Crippen molar-refractivity contribution in [2.75, 3.05) is 0 Å². The van der Waals surface area contributed by atoms with Crippen LogP contribution in [0.1, 0.15) is 18.5 Å². The Hall–Kier alpha value is -2.38. The third-order valence-electron chi connectivity index (χ3n) is 2.57. The Kier molecular flexibility index (Phi) is 3.90. The molecule has 2 aromatic rings. The molecule has 0 amide bonds. The van der Waals surface area contributed by atoms with Gasteiger partial charge in [-0.15, -0.1) is 0 Å². The van der Waals surface area contributed by atoms with Gasteiger partial charge in [-0.25, -0.2) is 4.79 Å². The average Bonchev–Trinajstić information content (AvgIpc) is 2.40. The Bertz CT molecular complexity index is 560. The molecule has 0 aliphatic heterocycles. The minimum absolute atomic E-state index is 0.207. The van der Waals surface area contributed by atoms with Crippen molar-refractivity contribution < 1.29 is 9.53 Å². The summed E-state index contributed by atoms with van der Waals surface area (Å²) < 4.78 is 5.71. The summed E-state index contributed by atoms with van der Waals surface area (Å²) in [5.41, 5.74) is 0.923. The van der Waals surface area contributed by atoms with Gasteiger partial charge in [0.15, 0.2) is 0 Å². The molecule has 0 heterocycles. The quantitative estimate of drug-likeness (QED) is 0.600. The van der Waals surface area contributed by atoms with E-state index in [-0.39, 0.29) is 6.04 Å². The lowest BCUT2D eigenvalue weighted by atomic mass is 10.1. The Balaban J connectivity index is 2.20. The molecule has 0 aliphatic rings. The number of benzene rings is 2. The molecule has 0 saturated heterocycles. The van der Waals surface area contributed by atoms with Gasteiger partial charge >= 0.3 is 0 Å². The van der Waals surface area contributed by atoms with E-state index in [2.05, 4.69) is 4.99 Å². The van der Waals surface area contributed by atoms with E-state index in [1.807, 2.05) is 61.5 Å². The summed E-state index contributed by atoms with van der Waals surface area (Å²) in [5, 5.41) is 0. The molecule has 0 radical (unpaired) electrons. The van der Waals surface area contributed by atoms with Gasteiger partial charge in [-0.3, -0.25) is 0 Å². The third-order valence-corrected chi connectivity index (χ3v) is 2.57. The van der Waals surface area contributed by atoms with Crippen molar-refractivity contribution in [1.82, 2.24) is 0 Å². The normalized spacial score (nSPS) is 11.4. The first kappa shape index (κ1) is 12.1. The van der Waals surface area contributed by atoms with E-state index in [9.17, 15) is 4.79 Å². The zero-order valence-corrected chi connectivity index (χ0v) is 10.0. The van der Waals surface area contributed by atoms with Crippen LogP contribution in [0.2, 0.25) is 0 Å². The van der Waals surface area contributed by atoms with Crippen LogP contribution >= 0.6 is 0 Å². The Morgan fingerprint density at radius 1 is 1.06 bits per heavy atom. The maximum absolute atomic E-state index is 10.2. The lowest BCUT2D eigenvalue weighted by Gasteiger charge is -2.09. The number of aliphatic imine (C=N–C) groups is 1. The van der Waals surface area contributed by atoms with E-state index in [0.29, 0.717) is 0 Å². The fourth-order valence-corrected chi connectivity index (χ4v) is 1.62. The van der Waals surface area contributed by atoms with Gasteiger partial charge in [0.05, 0.1) is 6.04 Å². The van der Waals surface area contributed by atoms with Crippen molar-refractivity contribution in [3.63, 3.8) is 0 Å². The predicted octanol–water partition coefficient (Wildman–Crippen LogP) is 3.88. The highest BCUT2D eigenvalue weighted by molar-refractivity contribution is 5.38. The highest BCUT2D eigenvalue weighted by atomic mass is 16.5. The number of ether oxygens (including phenoxy) is 1. The van der Waals surface area contributed by atoms with E-state index in [1.165, 1.54) is 0 Å². The largest absolute Gasteiger partial charge is 0.457 e. The van der Waals surface area contributed by atoms with Gasteiger partial charge in [0, 0.05) is 0 Å². The Labute approximate surface area is 106 Å². The zero-order chi connectivity index (χ0) is 12.8. The van der Waals surface area contributed by atoms with Gasteiger partial charge in [0.1, 0.15) is 11.5 Å². The van der Waals surface area contributed by atoms with E-state index >= 15 is 0 Å². The summed E-state index contributed by atoms with van der Waals surface area (Å²) >= 11 is 0. The maximum atomic E-state index is 10.2. The monoisotopic (exact) mass is 239 g/mol. The second-order valence-electron chi connectivity index (χ2n) is 3.88. The summed E-state index contributed by atoms with van der Waals surface area (Å²) in [6.45, 7) is 1.84. The summed E-state index contributed by atoms with van der Waals surface area (Å²) in [6.07, 6.45) is 1.57. The van der Waals surface area contributed by atoms with Gasteiger partial charge in [0.2, 0.25) is 6.08 Å². The number of isocyanates is 1. The van der Waals surface area contributed by atoms with Gasteiger partial charge in [0.25, 0.3) is 0 Å². The van der Waals surface area contributed by atoms with Crippen molar-refractivity contribution >= 4 is 6.08 Å². The molecular formula is C15H13NO2. The summed E-state index contributed by atoms with van der Waals surface area (Å²) in [4.78, 5) is 13.9. The number of hydrogen-bond donors (Lipinski definition) is 0. The van der Waals surface area contributed by atoms with Gasteiger partial charge < -0.3 is 4.74 Å². The van der Waals surface area contributed by atoms with Gasteiger partial charge in [-0.2, -0.15) is 4.99 Å². The molecule has 0 bridgehead atoms. The smallest absolute Gasteiger partial charge is 0.235 e. The highest BCUT2D eigenvalue weighted by Gasteiger charge is 2.05. The van der Waals surface area contributed by atoms with Crippen molar-refractivity contribution in [3.8, 4) is 11.5 Å². The molecule has 0 fully saturated rings. The number of nitrogens with zero attached hydrogens (tertiary/aromatic N) is 1. The van der Waals surface area contributed by atoms with Crippen molar-refractivity contribution in [3.05, 3.63) is 60.2 Å². The fraction of sp³-hybridized carbons (Fsp3) is 0.133. The van der Waals surface area contributed by atoms with Crippen LogP contribution in [-0.4, -0.2) is 6.08 Å². The molecule has 3 nitrogen and oxygen atoms in total. The summed E-state index contributed by atoms with van der Waals surface area (Å²) in [7, 11) is 0. The fourth-order valence-electron chi connectivity index (χ4n) is 1.62. The molecule has 2 aromatic carbocycles. The van der Waals surface area contributed by atoms with Crippen LogP contribution in [0, 0.1) is 0 Å². The molecule has 0 aliphatic carbocycles. The molecule has 0 N–H and O–H groups in total. The second kappa shape index (κ2) is 5.80.